The third kappa shape index (κ3) is 3.36. The summed E-state index contributed by atoms with van der Waals surface area (Å²) < 4.78 is 13.9. The fourth-order valence-corrected chi connectivity index (χ4v) is 1.13. The van der Waals surface area contributed by atoms with E-state index < -0.39 is 11.7 Å². The first-order valence-corrected chi connectivity index (χ1v) is 4.96. The standard InChI is InChI=1S/C10H10BrFN2O/c1-6(11)5-14-10(15)8-3-2-7(13)4-9(8)12/h2-4H,1,5,13H2,(H,14,15). The summed E-state index contributed by atoms with van der Waals surface area (Å²) in [7, 11) is 0. The number of carbonyl (C=O) groups excluding carboxylic acids is 1. The zero-order chi connectivity index (χ0) is 11.4. The third-order valence-corrected chi connectivity index (χ3v) is 1.96. The molecular weight excluding hydrogens is 263 g/mol. The van der Waals surface area contributed by atoms with Crippen LogP contribution in [0.4, 0.5) is 10.1 Å². The molecule has 0 saturated heterocycles. The van der Waals surface area contributed by atoms with Crippen molar-refractivity contribution in [3.05, 3.63) is 40.6 Å². The van der Waals surface area contributed by atoms with Crippen LogP contribution in [0.25, 0.3) is 0 Å². The minimum absolute atomic E-state index is 0.0297. The minimum atomic E-state index is -0.632. The second kappa shape index (κ2) is 4.93. The van der Waals surface area contributed by atoms with E-state index in [0.717, 1.165) is 6.07 Å². The number of rotatable bonds is 3. The molecule has 0 aromatic heterocycles. The summed E-state index contributed by atoms with van der Waals surface area (Å²) >= 11 is 3.08. The molecule has 1 aromatic rings. The van der Waals surface area contributed by atoms with Crippen molar-refractivity contribution in [2.45, 2.75) is 0 Å². The van der Waals surface area contributed by atoms with Gasteiger partial charge in [0.1, 0.15) is 5.82 Å². The average Bonchev–Trinajstić information content (AvgIpc) is 2.14. The van der Waals surface area contributed by atoms with E-state index in [9.17, 15) is 9.18 Å². The molecule has 3 nitrogen and oxygen atoms in total. The van der Waals surface area contributed by atoms with Crippen molar-refractivity contribution in [1.82, 2.24) is 5.32 Å². The Bertz CT molecular complexity index is 406. The van der Waals surface area contributed by atoms with Crippen LogP contribution in [0.2, 0.25) is 0 Å². The van der Waals surface area contributed by atoms with Gasteiger partial charge >= 0.3 is 0 Å². The average molecular weight is 273 g/mol. The van der Waals surface area contributed by atoms with Crippen molar-refractivity contribution in [3.8, 4) is 0 Å². The highest BCUT2D eigenvalue weighted by atomic mass is 79.9. The zero-order valence-electron chi connectivity index (χ0n) is 7.89. The summed E-state index contributed by atoms with van der Waals surface area (Å²) in [5, 5.41) is 2.49. The molecule has 15 heavy (non-hydrogen) atoms. The summed E-state index contributed by atoms with van der Waals surface area (Å²) in [6.45, 7) is 3.80. The Hall–Kier alpha value is -1.36. The Labute approximate surface area is 95.3 Å². The molecule has 0 radical (unpaired) electrons. The van der Waals surface area contributed by atoms with Gasteiger partial charge in [0, 0.05) is 16.7 Å². The van der Waals surface area contributed by atoms with Crippen molar-refractivity contribution in [3.63, 3.8) is 0 Å². The van der Waals surface area contributed by atoms with Crippen LogP contribution in [0.3, 0.4) is 0 Å². The lowest BCUT2D eigenvalue weighted by molar-refractivity contribution is 0.0954. The lowest BCUT2D eigenvalue weighted by Gasteiger charge is -2.05. The van der Waals surface area contributed by atoms with E-state index in [2.05, 4.69) is 27.8 Å². The highest BCUT2D eigenvalue weighted by Gasteiger charge is 2.10. The second-order valence-corrected chi connectivity index (χ2v) is 4.06. The molecule has 5 heteroatoms. The van der Waals surface area contributed by atoms with Crippen molar-refractivity contribution in [1.29, 1.82) is 0 Å². The molecule has 0 unspecified atom stereocenters. The first-order valence-electron chi connectivity index (χ1n) is 4.17. The fourth-order valence-electron chi connectivity index (χ4n) is 0.987. The van der Waals surface area contributed by atoms with Gasteiger partial charge in [-0.15, -0.1) is 0 Å². The molecule has 0 aliphatic carbocycles. The Morgan fingerprint density at radius 3 is 2.80 bits per heavy atom. The van der Waals surface area contributed by atoms with E-state index in [0.29, 0.717) is 4.48 Å². The molecule has 0 aliphatic rings. The van der Waals surface area contributed by atoms with Crippen LogP contribution in [0.1, 0.15) is 10.4 Å². The monoisotopic (exact) mass is 272 g/mol. The molecule has 0 heterocycles. The maximum atomic E-state index is 13.3. The number of anilines is 1. The predicted molar refractivity (Wildman–Crippen MR) is 61.2 cm³/mol. The Morgan fingerprint density at radius 2 is 2.27 bits per heavy atom. The lowest BCUT2D eigenvalue weighted by Crippen LogP contribution is -2.25. The number of carbonyl (C=O) groups is 1. The number of halogens is 2. The molecule has 0 bridgehead atoms. The normalized spacial score (nSPS) is 9.73. The van der Waals surface area contributed by atoms with Gasteiger partial charge in [-0.1, -0.05) is 22.5 Å². The number of amides is 1. The summed E-state index contributed by atoms with van der Waals surface area (Å²) in [5.74, 6) is -1.12. The van der Waals surface area contributed by atoms with Gasteiger partial charge in [-0.05, 0) is 18.2 Å². The molecule has 0 atom stereocenters. The lowest BCUT2D eigenvalue weighted by atomic mass is 10.2. The number of hydrogen-bond acceptors (Lipinski definition) is 2. The van der Waals surface area contributed by atoms with Gasteiger partial charge < -0.3 is 11.1 Å². The third-order valence-electron chi connectivity index (χ3n) is 1.68. The molecule has 80 valence electrons. The first kappa shape index (κ1) is 11.7. The van der Waals surface area contributed by atoms with Crippen LogP contribution in [0.15, 0.2) is 29.3 Å². The van der Waals surface area contributed by atoms with Gasteiger partial charge in [0.05, 0.1) is 5.56 Å². The highest BCUT2D eigenvalue weighted by Crippen LogP contribution is 2.11. The molecule has 0 fully saturated rings. The van der Waals surface area contributed by atoms with Crippen LogP contribution < -0.4 is 11.1 Å². The topological polar surface area (TPSA) is 55.1 Å². The van der Waals surface area contributed by atoms with Crippen LogP contribution >= 0.6 is 15.9 Å². The van der Waals surface area contributed by atoms with Gasteiger partial charge in [0.15, 0.2) is 0 Å². The zero-order valence-corrected chi connectivity index (χ0v) is 9.47. The van der Waals surface area contributed by atoms with E-state index in [1.165, 1.54) is 12.1 Å². The molecule has 0 spiro atoms. The largest absolute Gasteiger partial charge is 0.399 e. The van der Waals surface area contributed by atoms with Gasteiger partial charge in [-0.2, -0.15) is 0 Å². The van der Waals surface area contributed by atoms with Crippen molar-refractivity contribution in [2.75, 3.05) is 12.3 Å². The van der Waals surface area contributed by atoms with Crippen LogP contribution in [0, 0.1) is 5.82 Å². The van der Waals surface area contributed by atoms with Crippen LogP contribution in [0.5, 0.6) is 0 Å². The molecule has 0 aliphatic heterocycles. The maximum absolute atomic E-state index is 13.3. The van der Waals surface area contributed by atoms with E-state index in [1.807, 2.05) is 0 Å². The van der Waals surface area contributed by atoms with E-state index in [1.54, 1.807) is 0 Å². The summed E-state index contributed by atoms with van der Waals surface area (Å²) in [6, 6.07) is 3.93. The molecule has 1 rings (SSSR count). The minimum Gasteiger partial charge on any atom is -0.399 e. The number of benzene rings is 1. The SMILES string of the molecule is C=C(Br)CNC(=O)c1ccc(N)cc1F. The van der Waals surface area contributed by atoms with Gasteiger partial charge in [0.25, 0.3) is 5.91 Å². The number of nitrogens with two attached hydrogens (primary N) is 1. The molecular formula is C10H10BrFN2O. The summed E-state index contributed by atoms with van der Waals surface area (Å²) in [6.07, 6.45) is 0. The number of nitrogens with one attached hydrogen (secondary N) is 1. The van der Waals surface area contributed by atoms with E-state index in [4.69, 9.17) is 5.73 Å². The number of nitrogen functional groups attached to an aromatic ring is 1. The van der Waals surface area contributed by atoms with E-state index in [-0.39, 0.29) is 17.8 Å². The van der Waals surface area contributed by atoms with Crippen molar-refractivity contribution >= 4 is 27.5 Å². The molecule has 1 aromatic carbocycles. The van der Waals surface area contributed by atoms with E-state index >= 15 is 0 Å². The Kier molecular flexibility index (Phi) is 3.85. The number of hydrogen-bond donors (Lipinski definition) is 2. The molecule has 1 amide bonds. The summed E-state index contributed by atoms with van der Waals surface area (Å²) in [4.78, 5) is 11.4. The maximum Gasteiger partial charge on any atom is 0.254 e. The quantitative estimate of drug-likeness (QED) is 0.828. The Morgan fingerprint density at radius 1 is 1.60 bits per heavy atom. The van der Waals surface area contributed by atoms with Gasteiger partial charge in [-0.25, -0.2) is 4.39 Å². The van der Waals surface area contributed by atoms with Crippen molar-refractivity contribution in [2.24, 2.45) is 0 Å². The van der Waals surface area contributed by atoms with Crippen LogP contribution in [-0.2, 0) is 0 Å². The van der Waals surface area contributed by atoms with Gasteiger partial charge in [0.2, 0.25) is 0 Å². The predicted octanol–water partition coefficient (Wildman–Crippen LogP) is 2.05. The smallest absolute Gasteiger partial charge is 0.254 e. The fraction of sp³-hybridized carbons (Fsp3) is 0.100. The van der Waals surface area contributed by atoms with Crippen molar-refractivity contribution < 1.29 is 9.18 Å². The summed E-state index contributed by atoms with van der Waals surface area (Å²) in [5.41, 5.74) is 5.61. The Balaban J connectivity index is 2.78. The van der Waals surface area contributed by atoms with Crippen LogP contribution in [-0.4, -0.2) is 12.5 Å². The highest BCUT2D eigenvalue weighted by molar-refractivity contribution is 9.11. The molecule has 0 saturated carbocycles. The molecule has 3 N–H and O–H groups in total. The first-order chi connectivity index (χ1) is 7.00. The van der Waals surface area contributed by atoms with Gasteiger partial charge in [-0.3, -0.25) is 4.79 Å². The second-order valence-electron chi connectivity index (χ2n) is 2.94.